The van der Waals surface area contributed by atoms with Crippen LogP contribution in [-0.4, -0.2) is 57.0 Å². The molecule has 1 aliphatic heterocycles. The molecule has 0 saturated heterocycles. The summed E-state index contributed by atoms with van der Waals surface area (Å²) >= 11 is 0. The molecule has 1 amide bonds. The quantitative estimate of drug-likeness (QED) is 0.502. The van der Waals surface area contributed by atoms with Crippen LogP contribution in [0.15, 0.2) is 24.4 Å². The van der Waals surface area contributed by atoms with Crippen LogP contribution in [0.1, 0.15) is 60.8 Å². The van der Waals surface area contributed by atoms with Crippen LogP contribution in [0.4, 0.5) is 11.5 Å². The third-order valence-electron chi connectivity index (χ3n) is 5.53. The van der Waals surface area contributed by atoms with Crippen molar-refractivity contribution in [1.82, 2.24) is 14.7 Å². The van der Waals surface area contributed by atoms with E-state index in [9.17, 15) is 13.2 Å². The highest BCUT2D eigenvalue weighted by molar-refractivity contribution is 7.89. The van der Waals surface area contributed by atoms with Gasteiger partial charge in [0.1, 0.15) is 5.75 Å². The first-order valence-electron chi connectivity index (χ1n) is 11.7. The number of rotatable bonds is 10. The first-order chi connectivity index (χ1) is 16.8. The number of benzene rings is 1. The Balaban J connectivity index is 1.79. The molecule has 2 aliphatic rings. The zero-order chi connectivity index (χ0) is 25.0. The highest BCUT2D eigenvalue weighted by atomic mass is 32.2. The molecule has 0 unspecified atom stereocenters. The van der Waals surface area contributed by atoms with Crippen molar-refractivity contribution in [3.05, 3.63) is 41.4 Å². The SMILES string of the molecule is CCOc1ccc(Nc2ncc(C3CC3)nc2C(=O)NS(C)(=O)=O)c(OCC)c1C1=CCOCC1. The molecule has 35 heavy (non-hydrogen) atoms. The number of hydrogen-bond donors (Lipinski definition) is 2. The van der Waals surface area contributed by atoms with Gasteiger partial charge >= 0.3 is 0 Å². The Morgan fingerprint density at radius 1 is 1.20 bits per heavy atom. The number of hydrogen-bond acceptors (Lipinski definition) is 9. The van der Waals surface area contributed by atoms with Crippen molar-refractivity contribution < 1.29 is 27.4 Å². The van der Waals surface area contributed by atoms with Gasteiger partial charge < -0.3 is 19.5 Å². The predicted molar refractivity (Wildman–Crippen MR) is 132 cm³/mol. The molecule has 4 rings (SSSR count). The third kappa shape index (κ3) is 6.09. The number of nitrogens with one attached hydrogen (secondary N) is 2. The maximum Gasteiger partial charge on any atom is 0.287 e. The maximum absolute atomic E-state index is 12.8. The summed E-state index contributed by atoms with van der Waals surface area (Å²) in [6.07, 6.45) is 7.16. The number of anilines is 2. The molecule has 2 heterocycles. The maximum atomic E-state index is 12.8. The zero-order valence-electron chi connectivity index (χ0n) is 20.1. The minimum Gasteiger partial charge on any atom is -0.493 e. The van der Waals surface area contributed by atoms with Crippen molar-refractivity contribution in [3.63, 3.8) is 0 Å². The lowest BCUT2D eigenvalue weighted by molar-refractivity contribution is 0.0977. The van der Waals surface area contributed by atoms with Gasteiger partial charge in [0.15, 0.2) is 17.3 Å². The van der Waals surface area contributed by atoms with Gasteiger partial charge in [-0.3, -0.25) is 4.79 Å². The molecule has 1 saturated carbocycles. The Morgan fingerprint density at radius 3 is 2.60 bits per heavy atom. The largest absolute Gasteiger partial charge is 0.493 e. The molecule has 1 fully saturated rings. The Labute approximate surface area is 205 Å². The van der Waals surface area contributed by atoms with Gasteiger partial charge in [0.05, 0.1) is 55.8 Å². The number of sulfonamides is 1. The summed E-state index contributed by atoms with van der Waals surface area (Å²) < 4.78 is 42.9. The van der Waals surface area contributed by atoms with Crippen LogP contribution in [0.25, 0.3) is 5.57 Å². The second-order valence-corrected chi connectivity index (χ2v) is 10.1. The van der Waals surface area contributed by atoms with Crippen LogP contribution < -0.4 is 19.5 Å². The molecular formula is C24H30N4O6S. The summed E-state index contributed by atoms with van der Waals surface area (Å²) in [5.41, 5.74) is 2.98. The number of carbonyl (C=O) groups is 1. The van der Waals surface area contributed by atoms with Crippen molar-refractivity contribution >= 4 is 33.0 Å². The van der Waals surface area contributed by atoms with Gasteiger partial charge in [-0.15, -0.1) is 0 Å². The number of carbonyl (C=O) groups excluding carboxylic acids is 1. The summed E-state index contributed by atoms with van der Waals surface area (Å²) in [6, 6.07) is 3.62. The minimum absolute atomic E-state index is 0.0945. The van der Waals surface area contributed by atoms with Crippen LogP contribution in [-0.2, 0) is 14.8 Å². The fraction of sp³-hybridized carbons (Fsp3) is 0.458. The van der Waals surface area contributed by atoms with Gasteiger partial charge in [-0.2, -0.15) is 0 Å². The topological polar surface area (TPSA) is 129 Å². The van der Waals surface area contributed by atoms with Crippen LogP contribution in [0.3, 0.4) is 0 Å². The van der Waals surface area contributed by atoms with E-state index in [1.54, 1.807) is 12.3 Å². The Bertz CT molecular complexity index is 1240. The summed E-state index contributed by atoms with van der Waals surface area (Å²) in [6.45, 7) is 5.76. The smallest absolute Gasteiger partial charge is 0.287 e. The normalized spacial score (nSPS) is 15.8. The van der Waals surface area contributed by atoms with Gasteiger partial charge in [-0.05, 0) is 50.8 Å². The second-order valence-electron chi connectivity index (χ2n) is 8.33. The highest BCUT2D eigenvalue weighted by Gasteiger charge is 2.29. The van der Waals surface area contributed by atoms with Crippen LogP contribution in [0, 0.1) is 0 Å². The molecular weight excluding hydrogens is 472 g/mol. The second kappa shape index (κ2) is 10.6. The van der Waals surface area contributed by atoms with E-state index in [1.165, 1.54) is 0 Å². The summed E-state index contributed by atoms with van der Waals surface area (Å²) in [5.74, 6) is 0.751. The average molecular weight is 503 g/mol. The van der Waals surface area contributed by atoms with Gasteiger partial charge in [-0.1, -0.05) is 6.08 Å². The number of ether oxygens (including phenoxy) is 3. The number of aromatic nitrogens is 2. The predicted octanol–water partition coefficient (Wildman–Crippen LogP) is 3.39. The van der Waals surface area contributed by atoms with Gasteiger partial charge in [0.25, 0.3) is 5.91 Å². The summed E-state index contributed by atoms with van der Waals surface area (Å²) in [4.78, 5) is 21.7. The first kappa shape index (κ1) is 24.9. The van der Waals surface area contributed by atoms with Gasteiger partial charge in [0, 0.05) is 5.92 Å². The molecule has 2 N–H and O–H groups in total. The van der Waals surface area contributed by atoms with E-state index in [2.05, 4.69) is 15.3 Å². The van der Waals surface area contributed by atoms with Crippen LogP contribution in [0.5, 0.6) is 11.5 Å². The minimum atomic E-state index is -3.78. The highest BCUT2D eigenvalue weighted by Crippen LogP contribution is 2.44. The number of amides is 1. The van der Waals surface area contributed by atoms with Crippen molar-refractivity contribution in [2.24, 2.45) is 0 Å². The third-order valence-corrected chi connectivity index (χ3v) is 6.08. The van der Waals surface area contributed by atoms with Crippen LogP contribution in [0.2, 0.25) is 0 Å². The van der Waals surface area contributed by atoms with Crippen molar-refractivity contribution in [2.75, 3.05) is 38.0 Å². The lowest BCUT2D eigenvalue weighted by Gasteiger charge is -2.23. The van der Waals surface area contributed by atoms with E-state index in [0.717, 1.165) is 30.2 Å². The molecule has 188 valence electrons. The Morgan fingerprint density at radius 2 is 1.97 bits per heavy atom. The molecule has 1 aromatic carbocycles. The average Bonchev–Trinajstić information content (AvgIpc) is 3.66. The van der Waals surface area contributed by atoms with E-state index in [-0.39, 0.29) is 17.4 Å². The lowest BCUT2D eigenvalue weighted by Crippen LogP contribution is -2.31. The van der Waals surface area contributed by atoms with Crippen LogP contribution >= 0.6 is 0 Å². The fourth-order valence-electron chi connectivity index (χ4n) is 3.86. The van der Waals surface area contributed by atoms with Crippen molar-refractivity contribution in [1.29, 1.82) is 0 Å². The Hall–Kier alpha value is -3.18. The lowest BCUT2D eigenvalue weighted by atomic mass is 9.98. The molecule has 1 aliphatic carbocycles. The molecule has 10 nitrogen and oxygen atoms in total. The summed E-state index contributed by atoms with van der Waals surface area (Å²) in [5, 5.41) is 3.16. The molecule has 0 bridgehead atoms. The van der Waals surface area contributed by atoms with E-state index in [4.69, 9.17) is 14.2 Å². The molecule has 11 heteroatoms. The molecule has 2 aromatic rings. The van der Waals surface area contributed by atoms with E-state index in [0.29, 0.717) is 55.7 Å². The van der Waals surface area contributed by atoms with E-state index >= 15 is 0 Å². The fourth-order valence-corrected chi connectivity index (χ4v) is 4.30. The molecule has 1 aromatic heterocycles. The van der Waals surface area contributed by atoms with E-state index < -0.39 is 15.9 Å². The van der Waals surface area contributed by atoms with Crippen molar-refractivity contribution in [2.45, 2.75) is 39.0 Å². The molecule has 0 spiro atoms. The molecule has 0 radical (unpaired) electrons. The summed E-state index contributed by atoms with van der Waals surface area (Å²) in [7, 11) is -3.78. The van der Waals surface area contributed by atoms with Crippen molar-refractivity contribution in [3.8, 4) is 11.5 Å². The van der Waals surface area contributed by atoms with Gasteiger partial charge in [-0.25, -0.2) is 23.1 Å². The Kier molecular flexibility index (Phi) is 7.56. The van der Waals surface area contributed by atoms with Gasteiger partial charge in [0.2, 0.25) is 10.0 Å². The monoisotopic (exact) mass is 502 g/mol. The number of nitrogens with zero attached hydrogens (tertiary/aromatic N) is 2. The zero-order valence-corrected chi connectivity index (χ0v) is 20.9. The first-order valence-corrected chi connectivity index (χ1v) is 13.6. The standard InChI is InChI=1S/C24H30N4O6S/c1-4-33-19-9-8-17(22(34-5-2)20(19)16-10-12-32-13-11-16)27-23-21(24(29)28-35(3,30)31)26-18(14-25-23)15-6-7-15/h8-10,14-15H,4-7,11-13H2,1-3H3,(H,25,27)(H,28,29). The van der Waals surface area contributed by atoms with E-state index in [1.807, 2.05) is 30.7 Å². The molecule has 0 atom stereocenters.